The van der Waals surface area contributed by atoms with Crippen molar-refractivity contribution in [3.05, 3.63) is 0 Å². The van der Waals surface area contributed by atoms with Crippen LogP contribution >= 0.6 is 0 Å². The fourth-order valence-corrected chi connectivity index (χ4v) is 4.82. The first kappa shape index (κ1) is 11.7. The molecule has 2 nitrogen and oxygen atoms in total. The third-order valence-corrected chi connectivity index (χ3v) is 5.06. The standard InChI is InChI=1S/C15H24O2/c1-11(16)3-2-4-17-15-8-12-5-13(9-15)7-14(6-12)10-15/h12-14H,2-10H2,1H3. The number of rotatable bonds is 5. The first-order valence-electron chi connectivity index (χ1n) is 7.29. The number of hydrogen-bond donors (Lipinski definition) is 0. The van der Waals surface area contributed by atoms with Crippen LogP contribution in [0.15, 0.2) is 0 Å². The minimum Gasteiger partial charge on any atom is -0.375 e. The number of Topliss-reactive ketones (excluding diaryl/α,β-unsaturated/α-hetero) is 1. The molecule has 4 aliphatic rings. The number of carbonyl (C=O) groups is 1. The summed E-state index contributed by atoms with van der Waals surface area (Å²) in [4.78, 5) is 10.9. The predicted molar refractivity (Wildman–Crippen MR) is 66.8 cm³/mol. The zero-order chi connectivity index (χ0) is 11.9. The van der Waals surface area contributed by atoms with Crippen LogP contribution in [0.25, 0.3) is 0 Å². The van der Waals surface area contributed by atoms with E-state index in [1.54, 1.807) is 6.92 Å². The molecule has 4 rings (SSSR count). The quantitative estimate of drug-likeness (QED) is 0.684. The zero-order valence-corrected chi connectivity index (χ0v) is 10.9. The maximum absolute atomic E-state index is 10.9. The molecule has 2 heteroatoms. The highest BCUT2D eigenvalue weighted by atomic mass is 16.5. The number of ketones is 1. The Hall–Kier alpha value is -0.370. The van der Waals surface area contributed by atoms with E-state index in [-0.39, 0.29) is 5.60 Å². The van der Waals surface area contributed by atoms with Crippen LogP contribution in [0.5, 0.6) is 0 Å². The van der Waals surface area contributed by atoms with Crippen LogP contribution in [0.1, 0.15) is 58.3 Å². The molecule has 0 unspecified atom stereocenters. The van der Waals surface area contributed by atoms with Crippen LogP contribution in [0.2, 0.25) is 0 Å². The van der Waals surface area contributed by atoms with Crippen LogP contribution in [-0.2, 0) is 9.53 Å². The average molecular weight is 236 g/mol. The molecule has 4 saturated carbocycles. The molecule has 0 atom stereocenters. The maximum Gasteiger partial charge on any atom is 0.129 e. The van der Waals surface area contributed by atoms with E-state index in [4.69, 9.17) is 4.74 Å². The van der Waals surface area contributed by atoms with E-state index in [0.717, 1.165) is 30.8 Å². The molecule has 0 heterocycles. The molecular formula is C15H24O2. The predicted octanol–water partition coefficient (Wildman–Crippen LogP) is 3.34. The Balaban J connectivity index is 1.53. The summed E-state index contributed by atoms with van der Waals surface area (Å²) in [5.74, 6) is 3.15. The lowest BCUT2D eigenvalue weighted by Gasteiger charge is -2.56. The number of carbonyl (C=O) groups excluding carboxylic acids is 1. The molecule has 0 amide bonds. The van der Waals surface area contributed by atoms with E-state index in [2.05, 4.69) is 0 Å². The summed E-state index contributed by atoms with van der Waals surface area (Å²) in [5.41, 5.74) is 0.228. The van der Waals surface area contributed by atoms with Gasteiger partial charge >= 0.3 is 0 Å². The Morgan fingerprint density at radius 1 is 1.12 bits per heavy atom. The molecule has 0 aromatic carbocycles. The van der Waals surface area contributed by atoms with Crippen molar-refractivity contribution in [2.24, 2.45) is 17.8 Å². The van der Waals surface area contributed by atoms with Gasteiger partial charge in [-0.15, -0.1) is 0 Å². The van der Waals surface area contributed by atoms with Crippen LogP contribution in [-0.4, -0.2) is 18.0 Å². The second-order valence-corrected chi connectivity index (χ2v) is 6.75. The van der Waals surface area contributed by atoms with Crippen LogP contribution in [0.4, 0.5) is 0 Å². The average Bonchev–Trinajstić information content (AvgIpc) is 2.22. The monoisotopic (exact) mass is 236 g/mol. The van der Waals surface area contributed by atoms with Gasteiger partial charge in [0.25, 0.3) is 0 Å². The fraction of sp³-hybridized carbons (Fsp3) is 0.933. The topological polar surface area (TPSA) is 26.3 Å². The van der Waals surface area contributed by atoms with Gasteiger partial charge < -0.3 is 9.53 Å². The Labute approximate surface area is 104 Å². The summed E-state index contributed by atoms with van der Waals surface area (Å²) in [6.45, 7) is 2.47. The van der Waals surface area contributed by atoms with Crippen molar-refractivity contribution in [2.45, 2.75) is 63.9 Å². The van der Waals surface area contributed by atoms with E-state index in [9.17, 15) is 4.79 Å². The van der Waals surface area contributed by atoms with Gasteiger partial charge in [-0.2, -0.15) is 0 Å². The van der Waals surface area contributed by atoms with Gasteiger partial charge in [0.05, 0.1) is 5.60 Å². The van der Waals surface area contributed by atoms with Gasteiger partial charge in [-0.3, -0.25) is 0 Å². The smallest absolute Gasteiger partial charge is 0.129 e. The third kappa shape index (κ3) is 2.42. The van der Waals surface area contributed by atoms with Crippen LogP contribution in [0, 0.1) is 17.8 Å². The highest BCUT2D eigenvalue weighted by Crippen LogP contribution is 2.57. The van der Waals surface area contributed by atoms with Gasteiger partial charge in [-0.25, -0.2) is 0 Å². The lowest BCUT2D eigenvalue weighted by Crippen LogP contribution is -2.52. The molecular weight excluding hydrogens is 212 g/mol. The highest BCUT2D eigenvalue weighted by Gasteiger charge is 2.51. The SMILES string of the molecule is CC(=O)CCCOC12CC3CC(CC(C3)C1)C2. The van der Waals surface area contributed by atoms with Gasteiger partial charge in [0.2, 0.25) is 0 Å². The maximum atomic E-state index is 10.9. The van der Waals surface area contributed by atoms with Crippen molar-refractivity contribution < 1.29 is 9.53 Å². The molecule has 0 spiro atoms. The summed E-state index contributed by atoms with van der Waals surface area (Å²) in [7, 11) is 0. The van der Waals surface area contributed by atoms with E-state index in [0.29, 0.717) is 12.2 Å². The van der Waals surface area contributed by atoms with Crippen molar-refractivity contribution in [1.29, 1.82) is 0 Å². The molecule has 0 saturated heterocycles. The second kappa shape index (κ2) is 4.38. The summed E-state index contributed by atoms with van der Waals surface area (Å²) in [5, 5.41) is 0. The van der Waals surface area contributed by atoms with Crippen molar-refractivity contribution in [3.8, 4) is 0 Å². The second-order valence-electron chi connectivity index (χ2n) is 6.75. The van der Waals surface area contributed by atoms with Gasteiger partial charge in [-0.05, 0) is 69.6 Å². The van der Waals surface area contributed by atoms with Crippen LogP contribution in [0.3, 0.4) is 0 Å². The van der Waals surface area contributed by atoms with E-state index < -0.39 is 0 Å². The molecule has 4 aliphatic carbocycles. The molecule has 17 heavy (non-hydrogen) atoms. The van der Waals surface area contributed by atoms with Crippen molar-refractivity contribution in [3.63, 3.8) is 0 Å². The van der Waals surface area contributed by atoms with Gasteiger partial charge in [0, 0.05) is 13.0 Å². The lowest BCUT2D eigenvalue weighted by atomic mass is 9.54. The molecule has 96 valence electrons. The molecule has 0 aromatic heterocycles. The highest BCUT2D eigenvalue weighted by molar-refractivity contribution is 5.75. The van der Waals surface area contributed by atoms with Crippen molar-refractivity contribution >= 4 is 5.78 Å². The first-order valence-corrected chi connectivity index (χ1v) is 7.29. The molecule has 0 aliphatic heterocycles. The molecule has 4 fully saturated rings. The summed E-state index contributed by atoms with van der Waals surface area (Å²) in [6, 6.07) is 0. The molecule has 0 N–H and O–H groups in total. The van der Waals surface area contributed by atoms with E-state index in [1.807, 2.05) is 0 Å². The first-order chi connectivity index (χ1) is 8.15. The number of ether oxygens (including phenoxy) is 1. The van der Waals surface area contributed by atoms with Crippen molar-refractivity contribution in [2.75, 3.05) is 6.61 Å². The minimum atomic E-state index is 0.228. The molecule has 4 bridgehead atoms. The van der Waals surface area contributed by atoms with Crippen molar-refractivity contribution in [1.82, 2.24) is 0 Å². The Morgan fingerprint density at radius 2 is 1.65 bits per heavy atom. The Kier molecular flexibility index (Phi) is 3.02. The molecule has 0 radical (unpaired) electrons. The fourth-order valence-electron chi connectivity index (χ4n) is 4.82. The number of hydrogen-bond acceptors (Lipinski definition) is 2. The summed E-state index contributed by atoms with van der Waals surface area (Å²) < 4.78 is 6.24. The van der Waals surface area contributed by atoms with Gasteiger partial charge in [-0.1, -0.05) is 0 Å². The summed E-state index contributed by atoms with van der Waals surface area (Å²) >= 11 is 0. The van der Waals surface area contributed by atoms with Gasteiger partial charge in [0.15, 0.2) is 0 Å². The largest absolute Gasteiger partial charge is 0.375 e. The minimum absolute atomic E-state index is 0.228. The summed E-state index contributed by atoms with van der Waals surface area (Å²) in [6.07, 6.45) is 9.92. The Morgan fingerprint density at radius 3 is 2.12 bits per heavy atom. The van der Waals surface area contributed by atoms with Gasteiger partial charge in [0.1, 0.15) is 5.78 Å². The van der Waals surface area contributed by atoms with E-state index in [1.165, 1.54) is 38.5 Å². The Bertz CT molecular complexity index is 273. The third-order valence-electron chi connectivity index (χ3n) is 5.06. The molecule has 0 aromatic rings. The van der Waals surface area contributed by atoms with Crippen LogP contribution < -0.4 is 0 Å². The zero-order valence-electron chi connectivity index (χ0n) is 10.9. The van der Waals surface area contributed by atoms with E-state index >= 15 is 0 Å². The lowest BCUT2D eigenvalue weighted by molar-refractivity contribution is -0.163. The normalized spacial score (nSPS) is 43.0.